The van der Waals surface area contributed by atoms with Crippen molar-refractivity contribution < 1.29 is 4.79 Å². The van der Waals surface area contributed by atoms with Gasteiger partial charge in [-0.1, -0.05) is 43.7 Å². The number of fused-ring (bicyclic) bond motifs is 1. The summed E-state index contributed by atoms with van der Waals surface area (Å²) in [5.74, 6) is 0.405. The molecular weight excluding hydrogens is 336 g/mol. The number of hydrogen-bond donors (Lipinski definition) is 1. The van der Waals surface area contributed by atoms with E-state index in [4.69, 9.17) is 4.98 Å². The Kier molecular flexibility index (Phi) is 5.49. The summed E-state index contributed by atoms with van der Waals surface area (Å²) in [4.78, 5) is 19.1. The zero-order valence-electron chi connectivity index (χ0n) is 16.8. The lowest BCUT2D eigenvalue weighted by Gasteiger charge is -2.14. The molecule has 0 aliphatic heterocycles. The van der Waals surface area contributed by atoms with Gasteiger partial charge >= 0.3 is 0 Å². The van der Waals surface area contributed by atoms with Crippen LogP contribution in [-0.4, -0.2) is 29.4 Å². The van der Waals surface area contributed by atoms with Crippen molar-refractivity contribution in [2.45, 2.75) is 33.7 Å². The molecule has 0 aliphatic rings. The fraction of sp³-hybridized carbons (Fsp3) is 0.364. The Morgan fingerprint density at radius 1 is 1.15 bits per heavy atom. The van der Waals surface area contributed by atoms with Gasteiger partial charge in [0.2, 0.25) is 5.91 Å². The molecule has 2 aromatic heterocycles. The number of aromatic nitrogens is 2. The number of pyridine rings is 1. The van der Waals surface area contributed by atoms with Crippen LogP contribution >= 0.6 is 0 Å². The molecule has 1 N–H and O–H groups in total. The molecule has 0 atom stereocenters. The predicted octanol–water partition coefficient (Wildman–Crippen LogP) is 4.04. The second-order valence-corrected chi connectivity index (χ2v) is 7.66. The van der Waals surface area contributed by atoms with Gasteiger partial charge in [-0.25, -0.2) is 4.98 Å². The topological polar surface area (TPSA) is 49.6 Å². The molecule has 3 aromatic rings. The minimum Gasteiger partial charge on any atom is -0.376 e. The number of aryl methyl sites for hydroxylation is 1. The molecule has 0 saturated carbocycles. The van der Waals surface area contributed by atoms with Crippen molar-refractivity contribution >= 4 is 17.2 Å². The van der Waals surface area contributed by atoms with Gasteiger partial charge in [-0.05, 0) is 25.0 Å². The Labute approximate surface area is 161 Å². The first-order chi connectivity index (χ1) is 12.8. The first-order valence-corrected chi connectivity index (χ1v) is 9.37. The quantitative estimate of drug-likeness (QED) is 0.718. The number of anilines is 1. The van der Waals surface area contributed by atoms with Gasteiger partial charge in [-0.2, -0.15) is 0 Å². The molecule has 0 fully saturated rings. The van der Waals surface area contributed by atoms with Crippen LogP contribution in [0.3, 0.4) is 0 Å². The van der Waals surface area contributed by atoms with Gasteiger partial charge in [0, 0.05) is 32.3 Å². The average Bonchev–Trinajstić information content (AvgIpc) is 2.97. The third-order valence-corrected chi connectivity index (χ3v) is 4.59. The first kappa shape index (κ1) is 19.0. The van der Waals surface area contributed by atoms with Crippen LogP contribution in [0.2, 0.25) is 0 Å². The number of carbonyl (C=O) groups excluding carboxylic acids is 1. The van der Waals surface area contributed by atoms with E-state index >= 15 is 0 Å². The van der Waals surface area contributed by atoms with Gasteiger partial charge in [-0.3, -0.25) is 9.20 Å². The van der Waals surface area contributed by atoms with Crippen molar-refractivity contribution in [1.29, 1.82) is 0 Å². The van der Waals surface area contributed by atoms with Crippen molar-refractivity contribution in [2.24, 2.45) is 5.92 Å². The standard InChI is InChI=1S/C22H28N4O/c1-15(2)12-21(27)23-13-19-22(17-8-6-16(3)7-9-17)24-20-11-10-18(25(4)5)14-26(19)20/h6-11,14-15H,12-13H2,1-5H3,(H,23,27). The highest BCUT2D eigenvalue weighted by Gasteiger charge is 2.16. The largest absolute Gasteiger partial charge is 0.376 e. The van der Waals surface area contributed by atoms with Crippen LogP contribution in [0.5, 0.6) is 0 Å². The Morgan fingerprint density at radius 3 is 2.48 bits per heavy atom. The van der Waals surface area contributed by atoms with E-state index in [1.165, 1.54) is 5.56 Å². The van der Waals surface area contributed by atoms with E-state index in [9.17, 15) is 4.79 Å². The van der Waals surface area contributed by atoms with Crippen LogP contribution in [0, 0.1) is 12.8 Å². The summed E-state index contributed by atoms with van der Waals surface area (Å²) in [7, 11) is 4.03. The Balaban J connectivity index is 2.04. The van der Waals surface area contributed by atoms with Gasteiger partial charge in [0.25, 0.3) is 0 Å². The van der Waals surface area contributed by atoms with E-state index in [2.05, 4.69) is 71.9 Å². The van der Waals surface area contributed by atoms with Gasteiger partial charge in [0.05, 0.1) is 23.6 Å². The predicted molar refractivity (Wildman–Crippen MR) is 111 cm³/mol. The smallest absolute Gasteiger partial charge is 0.220 e. The monoisotopic (exact) mass is 364 g/mol. The zero-order chi connectivity index (χ0) is 19.6. The highest BCUT2D eigenvalue weighted by atomic mass is 16.1. The maximum atomic E-state index is 12.2. The van der Waals surface area contributed by atoms with Crippen molar-refractivity contribution in [1.82, 2.24) is 14.7 Å². The molecule has 27 heavy (non-hydrogen) atoms. The number of imidazole rings is 1. The maximum Gasteiger partial charge on any atom is 0.220 e. The van der Waals surface area contributed by atoms with Gasteiger partial charge in [0.15, 0.2) is 0 Å². The van der Waals surface area contributed by atoms with Crippen LogP contribution in [0.15, 0.2) is 42.6 Å². The van der Waals surface area contributed by atoms with Crippen molar-refractivity contribution in [3.8, 4) is 11.3 Å². The second kappa shape index (κ2) is 7.82. The summed E-state index contributed by atoms with van der Waals surface area (Å²) in [6.07, 6.45) is 2.60. The molecular formula is C22H28N4O. The highest BCUT2D eigenvalue weighted by molar-refractivity contribution is 5.76. The highest BCUT2D eigenvalue weighted by Crippen LogP contribution is 2.26. The fourth-order valence-electron chi connectivity index (χ4n) is 3.08. The molecule has 0 radical (unpaired) electrons. The summed E-state index contributed by atoms with van der Waals surface area (Å²) in [5, 5.41) is 3.07. The summed E-state index contributed by atoms with van der Waals surface area (Å²) < 4.78 is 2.08. The van der Waals surface area contributed by atoms with Crippen LogP contribution in [0.1, 0.15) is 31.5 Å². The molecule has 2 heterocycles. The lowest BCUT2D eigenvalue weighted by Crippen LogP contribution is -2.25. The van der Waals surface area contributed by atoms with Crippen LogP contribution in [0.4, 0.5) is 5.69 Å². The van der Waals surface area contributed by atoms with Gasteiger partial charge < -0.3 is 10.2 Å². The molecule has 0 saturated heterocycles. The minimum absolute atomic E-state index is 0.0681. The number of carbonyl (C=O) groups is 1. The molecule has 3 rings (SSSR count). The number of nitrogens with one attached hydrogen (secondary N) is 1. The molecule has 1 aromatic carbocycles. The van der Waals surface area contributed by atoms with E-state index in [0.29, 0.717) is 18.9 Å². The second-order valence-electron chi connectivity index (χ2n) is 7.66. The number of nitrogens with zero attached hydrogens (tertiary/aromatic N) is 3. The van der Waals surface area contributed by atoms with E-state index in [1.807, 2.05) is 20.2 Å². The average molecular weight is 364 g/mol. The molecule has 0 aliphatic carbocycles. The van der Waals surface area contributed by atoms with Gasteiger partial charge in [-0.15, -0.1) is 0 Å². The fourth-order valence-corrected chi connectivity index (χ4v) is 3.08. The zero-order valence-corrected chi connectivity index (χ0v) is 16.8. The molecule has 142 valence electrons. The molecule has 1 amide bonds. The maximum absolute atomic E-state index is 12.2. The van der Waals surface area contributed by atoms with Crippen LogP contribution < -0.4 is 10.2 Å². The third-order valence-electron chi connectivity index (χ3n) is 4.59. The van der Waals surface area contributed by atoms with E-state index < -0.39 is 0 Å². The van der Waals surface area contributed by atoms with E-state index in [1.54, 1.807) is 0 Å². The summed E-state index contributed by atoms with van der Waals surface area (Å²) >= 11 is 0. The Bertz CT molecular complexity index is 939. The first-order valence-electron chi connectivity index (χ1n) is 9.37. The molecule has 5 nitrogen and oxygen atoms in total. The van der Waals surface area contributed by atoms with Crippen molar-refractivity contribution in [2.75, 3.05) is 19.0 Å². The SMILES string of the molecule is Cc1ccc(-c2nc3ccc(N(C)C)cn3c2CNC(=O)CC(C)C)cc1. The van der Waals surface area contributed by atoms with E-state index in [0.717, 1.165) is 28.3 Å². The Hall–Kier alpha value is -2.82. The number of benzene rings is 1. The lowest BCUT2D eigenvalue weighted by molar-refractivity contribution is -0.121. The summed E-state index contributed by atoms with van der Waals surface area (Å²) in [6, 6.07) is 12.4. The summed E-state index contributed by atoms with van der Waals surface area (Å²) in [6.45, 7) is 6.63. The summed E-state index contributed by atoms with van der Waals surface area (Å²) in [5.41, 5.74) is 6.15. The Morgan fingerprint density at radius 2 is 1.85 bits per heavy atom. The van der Waals surface area contributed by atoms with Crippen LogP contribution in [-0.2, 0) is 11.3 Å². The molecule has 0 spiro atoms. The molecule has 0 bridgehead atoms. The third kappa shape index (κ3) is 4.30. The van der Waals surface area contributed by atoms with Gasteiger partial charge in [0.1, 0.15) is 5.65 Å². The minimum atomic E-state index is 0.0681. The van der Waals surface area contributed by atoms with Crippen molar-refractivity contribution in [3.63, 3.8) is 0 Å². The van der Waals surface area contributed by atoms with E-state index in [-0.39, 0.29) is 5.91 Å². The van der Waals surface area contributed by atoms with Crippen molar-refractivity contribution in [3.05, 3.63) is 53.9 Å². The number of hydrogen-bond acceptors (Lipinski definition) is 3. The lowest BCUT2D eigenvalue weighted by atomic mass is 10.1. The molecule has 0 unspecified atom stereocenters. The normalized spacial score (nSPS) is 11.2. The number of amides is 1. The number of rotatable bonds is 6. The molecule has 5 heteroatoms. The van der Waals surface area contributed by atoms with Crippen LogP contribution in [0.25, 0.3) is 16.9 Å².